The monoisotopic (exact) mass is 382 g/mol. The van der Waals surface area contributed by atoms with Crippen molar-refractivity contribution in [2.75, 3.05) is 6.54 Å². The van der Waals surface area contributed by atoms with E-state index in [9.17, 15) is 5.11 Å². The predicted octanol–water partition coefficient (Wildman–Crippen LogP) is 3.80. The number of rotatable bonds is 7. The van der Waals surface area contributed by atoms with E-state index in [-0.39, 0.29) is 0 Å². The highest BCUT2D eigenvalue weighted by Gasteiger charge is 2.20. The molecule has 2 aromatic heterocycles. The van der Waals surface area contributed by atoms with Crippen LogP contribution in [0.4, 0.5) is 0 Å². The van der Waals surface area contributed by atoms with E-state index in [0.717, 1.165) is 36.0 Å². The number of thiophene rings is 1. The summed E-state index contributed by atoms with van der Waals surface area (Å²) in [5.41, 5.74) is 1.24. The molecule has 1 aliphatic heterocycles. The van der Waals surface area contributed by atoms with Crippen LogP contribution in [0, 0.1) is 0 Å². The summed E-state index contributed by atoms with van der Waals surface area (Å²) in [6.45, 7) is 3.07. The molecule has 1 N–H and O–H groups in total. The number of aryl methyl sites for hydroxylation is 1. The van der Waals surface area contributed by atoms with Gasteiger partial charge in [-0.1, -0.05) is 42.8 Å². The number of aromatic nitrogens is 3. The molecule has 1 atom stereocenters. The molecule has 4 rings (SSSR count). The minimum Gasteiger partial charge on any atom is -0.386 e. The van der Waals surface area contributed by atoms with E-state index >= 15 is 0 Å². The maximum absolute atomic E-state index is 10.7. The summed E-state index contributed by atoms with van der Waals surface area (Å²) in [4.78, 5) is 3.29. The van der Waals surface area contributed by atoms with Gasteiger partial charge in [0.15, 0.2) is 0 Å². The molecule has 0 radical (unpaired) electrons. The zero-order valence-corrected chi connectivity index (χ0v) is 16.3. The second kappa shape index (κ2) is 8.78. The lowest BCUT2D eigenvalue weighted by Crippen LogP contribution is -2.29. The van der Waals surface area contributed by atoms with Crippen LogP contribution >= 0.6 is 11.3 Å². The smallest absolute Gasteiger partial charge is 0.147 e. The Hall–Kier alpha value is -2.02. The van der Waals surface area contributed by atoms with E-state index in [1.807, 2.05) is 23.6 Å². The van der Waals surface area contributed by atoms with Gasteiger partial charge in [0.05, 0.1) is 6.54 Å². The fraction of sp³-hybridized carbons (Fsp3) is 0.429. The number of hydrogen-bond donors (Lipinski definition) is 1. The lowest BCUT2D eigenvalue weighted by Gasteiger charge is -2.24. The lowest BCUT2D eigenvalue weighted by molar-refractivity contribution is 0.105. The second-order valence-electron chi connectivity index (χ2n) is 7.18. The van der Waals surface area contributed by atoms with Crippen molar-refractivity contribution in [1.82, 2.24) is 19.7 Å². The zero-order chi connectivity index (χ0) is 18.5. The van der Waals surface area contributed by atoms with E-state index < -0.39 is 6.10 Å². The SMILES string of the molecule is OC(CN(Cc1ccccc1)Cc1nnc2n1CCCCC2)c1cccs1. The van der Waals surface area contributed by atoms with E-state index in [1.54, 1.807) is 11.3 Å². The minimum absolute atomic E-state index is 0.486. The zero-order valence-electron chi connectivity index (χ0n) is 15.5. The standard InChI is InChI=1S/C21H26N4OS/c26-18(19-10-7-13-27-19)15-24(14-17-8-3-1-4-9-17)16-21-23-22-20-11-5-2-6-12-25(20)21/h1,3-4,7-10,13,18,26H,2,5-6,11-12,14-16H2. The summed E-state index contributed by atoms with van der Waals surface area (Å²) in [7, 11) is 0. The molecular formula is C21H26N4OS. The van der Waals surface area contributed by atoms with Gasteiger partial charge in [-0.2, -0.15) is 0 Å². The molecule has 0 bridgehead atoms. The van der Waals surface area contributed by atoms with Crippen molar-refractivity contribution in [3.05, 3.63) is 69.9 Å². The van der Waals surface area contributed by atoms with Gasteiger partial charge in [-0.25, -0.2) is 0 Å². The van der Waals surface area contributed by atoms with E-state index in [0.29, 0.717) is 13.1 Å². The van der Waals surface area contributed by atoms with Crippen LogP contribution in [-0.4, -0.2) is 31.3 Å². The quantitative estimate of drug-likeness (QED) is 0.675. The summed E-state index contributed by atoms with van der Waals surface area (Å²) in [6.07, 6.45) is 4.18. The molecule has 3 heterocycles. The Labute approximate surface area is 164 Å². The number of hydrogen-bond acceptors (Lipinski definition) is 5. The maximum atomic E-state index is 10.7. The third-order valence-electron chi connectivity index (χ3n) is 5.10. The average molecular weight is 383 g/mol. The summed E-state index contributed by atoms with van der Waals surface area (Å²) < 4.78 is 2.29. The highest BCUT2D eigenvalue weighted by Crippen LogP contribution is 2.22. The second-order valence-corrected chi connectivity index (χ2v) is 8.16. The minimum atomic E-state index is -0.486. The fourth-order valence-corrected chi connectivity index (χ4v) is 4.41. The molecule has 0 amide bonds. The van der Waals surface area contributed by atoms with E-state index in [4.69, 9.17) is 0 Å². The predicted molar refractivity (Wildman–Crippen MR) is 107 cm³/mol. The van der Waals surface area contributed by atoms with Gasteiger partial charge in [-0.05, 0) is 29.9 Å². The molecule has 0 saturated heterocycles. The molecule has 0 saturated carbocycles. The molecule has 1 unspecified atom stereocenters. The maximum Gasteiger partial charge on any atom is 0.147 e. The largest absolute Gasteiger partial charge is 0.386 e. The Morgan fingerprint density at radius 3 is 2.74 bits per heavy atom. The topological polar surface area (TPSA) is 54.2 Å². The average Bonchev–Trinajstić information content (AvgIpc) is 3.28. The Morgan fingerprint density at radius 1 is 1.04 bits per heavy atom. The van der Waals surface area contributed by atoms with E-state index in [2.05, 4.69) is 43.9 Å². The Kier molecular flexibility index (Phi) is 5.97. The van der Waals surface area contributed by atoms with Gasteiger partial charge >= 0.3 is 0 Å². The van der Waals surface area contributed by atoms with Crippen LogP contribution in [0.1, 0.15) is 47.5 Å². The Balaban J connectivity index is 1.53. The lowest BCUT2D eigenvalue weighted by atomic mass is 10.2. The van der Waals surface area contributed by atoms with Gasteiger partial charge in [-0.15, -0.1) is 21.5 Å². The van der Waals surface area contributed by atoms with E-state index in [1.165, 1.54) is 24.8 Å². The van der Waals surface area contributed by atoms with Crippen LogP contribution < -0.4 is 0 Å². The van der Waals surface area contributed by atoms with Crippen molar-refractivity contribution in [2.45, 2.75) is 51.4 Å². The number of aliphatic hydroxyl groups excluding tert-OH is 1. The highest BCUT2D eigenvalue weighted by molar-refractivity contribution is 7.10. The molecule has 27 heavy (non-hydrogen) atoms. The van der Waals surface area contributed by atoms with Crippen LogP contribution in [0.2, 0.25) is 0 Å². The van der Waals surface area contributed by atoms with Gasteiger partial charge in [0.1, 0.15) is 17.8 Å². The first-order valence-corrected chi connectivity index (χ1v) is 10.6. The Morgan fingerprint density at radius 2 is 1.93 bits per heavy atom. The summed E-state index contributed by atoms with van der Waals surface area (Å²) in [5.74, 6) is 2.13. The molecule has 0 fully saturated rings. The highest BCUT2D eigenvalue weighted by atomic mass is 32.1. The molecule has 0 spiro atoms. The fourth-order valence-electron chi connectivity index (χ4n) is 3.70. The number of fused-ring (bicyclic) bond motifs is 1. The third kappa shape index (κ3) is 4.64. The van der Waals surface area contributed by atoms with Crippen molar-refractivity contribution in [2.24, 2.45) is 0 Å². The van der Waals surface area contributed by atoms with Crippen molar-refractivity contribution in [1.29, 1.82) is 0 Å². The molecule has 3 aromatic rings. The first-order chi connectivity index (χ1) is 13.3. The van der Waals surface area contributed by atoms with Gasteiger partial charge in [-0.3, -0.25) is 4.90 Å². The van der Waals surface area contributed by atoms with Gasteiger partial charge in [0.2, 0.25) is 0 Å². The Bertz CT molecular complexity index is 831. The van der Waals surface area contributed by atoms with Crippen LogP contribution in [0.3, 0.4) is 0 Å². The first-order valence-electron chi connectivity index (χ1n) is 9.68. The molecule has 5 nitrogen and oxygen atoms in total. The molecule has 1 aliphatic rings. The van der Waals surface area contributed by atoms with Crippen molar-refractivity contribution in [3.8, 4) is 0 Å². The van der Waals surface area contributed by atoms with Crippen molar-refractivity contribution in [3.63, 3.8) is 0 Å². The van der Waals surface area contributed by atoms with Crippen LogP contribution in [0.5, 0.6) is 0 Å². The number of aliphatic hydroxyl groups is 1. The molecule has 6 heteroatoms. The summed E-state index contributed by atoms with van der Waals surface area (Å²) >= 11 is 1.60. The summed E-state index contributed by atoms with van der Waals surface area (Å²) in [6, 6.07) is 14.4. The summed E-state index contributed by atoms with van der Waals surface area (Å²) in [5, 5.41) is 21.6. The molecular weight excluding hydrogens is 356 g/mol. The van der Waals surface area contributed by atoms with Crippen LogP contribution in [-0.2, 0) is 26.1 Å². The van der Waals surface area contributed by atoms with Crippen LogP contribution in [0.15, 0.2) is 47.8 Å². The van der Waals surface area contributed by atoms with Gasteiger partial charge in [0.25, 0.3) is 0 Å². The third-order valence-corrected chi connectivity index (χ3v) is 6.08. The van der Waals surface area contributed by atoms with Gasteiger partial charge < -0.3 is 9.67 Å². The van der Waals surface area contributed by atoms with Gasteiger partial charge in [0, 0.05) is 30.9 Å². The number of benzene rings is 1. The normalized spacial score (nSPS) is 15.5. The van der Waals surface area contributed by atoms with Crippen LogP contribution in [0.25, 0.3) is 0 Å². The molecule has 142 valence electrons. The van der Waals surface area contributed by atoms with Crippen molar-refractivity contribution >= 4 is 11.3 Å². The molecule has 0 aliphatic carbocycles. The first kappa shape index (κ1) is 18.3. The van der Waals surface area contributed by atoms with Crippen molar-refractivity contribution < 1.29 is 5.11 Å². The molecule has 1 aromatic carbocycles. The number of nitrogens with zero attached hydrogens (tertiary/aromatic N) is 4.